The van der Waals surface area contributed by atoms with Crippen LogP contribution in [0, 0.1) is 0 Å². The SMILES string of the molecule is [CH3][Mg+].[Cl-].c1ccc2c(c1)ccc1c3c(ccc12)CCCC3. The summed E-state index contributed by atoms with van der Waals surface area (Å²) in [7, 11) is 0. The summed E-state index contributed by atoms with van der Waals surface area (Å²) in [5.74, 6) is 0. The first-order valence-corrected chi connectivity index (χ1v) is 8.98. The fourth-order valence-corrected chi connectivity index (χ4v) is 3.34. The smallest absolute Gasteiger partial charge is 0.0102 e. The van der Waals surface area contributed by atoms with E-state index in [0.717, 1.165) is 0 Å². The van der Waals surface area contributed by atoms with Crippen molar-refractivity contribution in [1.29, 1.82) is 0 Å². The Balaban J connectivity index is 0.000000517. The van der Waals surface area contributed by atoms with Gasteiger partial charge >= 0.3 is 26.8 Å². The fraction of sp³-hybridized carbons (Fsp3) is 0.263. The molecule has 0 amide bonds. The molecule has 0 fully saturated rings. The molecule has 0 nitrogen and oxygen atoms in total. The van der Waals surface area contributed by atoms with Crippen molar-refractivity contribution < 1.29 is 12.4 Å². The summed E-state index contributed by atoms with van der Waals surface area (Å²) >= 11 is 1.86. The zero-order chi connectivity index (χ0) is 13.9. The summed E-state index contributed by atoms with van der Waals surface area (Å²) in [4.78, 5) is 0. The van der Waals surface area contributed by atoms with Crippen LogP contribution in [0.15, 0.2) is 48.5 Å². The molecular weight excluding hydrogens is 288 g/mol. The number of hydrogen-bond donors (Lipinski definition) is 0. The number of hydrogen-bond acceptors (Lipinski definition) is 0. The second kappa shape index (κ2) is 7.48. The number of rotatable bonds is 0. The summed E-state index contributed by atoms with van der Waals surface area (Å²) < 4.78 is 0. The van der Waals surface area contributed by atoms with Crippen LogP contribution in [0.25, 0.3) is 21.5 Å². The van der Waals surface area contributed by atoms with Gasteiger partial charge in [0.25, 0.3) is 0 Å². The van der Waals surface area contributed by atoms with E-state index in [9.17, 15) is 0 Å². The average molecular weight is 307 g/mol. The summed E-state index contributed by atoms with van der Waals surface area (Å²) in [6.07, 6.45) is 5.22. The van der Waals surface area contributed by atoms with E-state index in [2.05, 4.69) is 48.5 Å². The predicted octanol–water partition coefficient (Wildman–Crippen LogP) is 2.08. The Labute approximate surface area is 145 Å². The molecule has 0 aliphatic heterocycles. The average Bonchev–Trinajstić information content (AvgIpc) is 2.56. The van der Waals surface area contributed by atoms with Gasteiger partial charge in [0.2, 0.25) is 0 Å². The molecule has 1 aliphatic rings. The van der Waals surface area contributed by atoms with Gasteiger partial charge in [-0.05, 0) is 58.4 Å². The Morgan fingerprint density at radius 2 is 1.43 bits per heavy atom. The van der Waals surface area contributed by atoms with Crippen LogP contribution in [-0.2, 0) is 12.8 Å². The van der Waals surface area contributed by atoms with Crippen molar-refractivity contribution in [1.82, 2.24) is 0 Å². The first kappa shape index (κ1) is 16.6. The van der Waals surface area contributed by atoms with Gasteiger partial charge in [0, 0.05) is 0 Å². The molecule has 0 heterocycles. The van der Waals surface area contributed by atoms with E-state index in [-0.39, 0.29) is 12.4 Å². The van der Waals surface area contributed by atoms with E-state index >= 15 is 0 Å². The Morgan fingerprint density at radius 1 is 0.714 bits per heavy atom. The monoisotopic (exact) mass is 306 g/mol. The molecule has 3 aromatic rings. The van der Waals surface area contributed by atoms with Gasteiger partial charge in [-0.3, -0.25) is 0 Å². The van der Waals surface area contributed by atoms with Gasteiger partial charge in [0.15, 0.2) is 0 Å². The predicted molar refractivity (Wildman–Crippen MR) is 89.7 cm³/mol. The normalized spacial score (nSPS) is 13.1. The summed E-state index contributed by atoms with van der Waals surface area (Å²) in [5.41, 5.74) is 3.17. The quantitative estimate of drug-likeness (QED) is 0.441. The van der Waals surface area contributed by atoms with Gasteiger partial charge in [-0.2, -0.15) is 0 Å². The van der Waals surface area contributed by atoms with Crippen LogP contribution < -0.4 is 12.4 Å². The van der Waals surface area contributed by atoms with Crippen molar-refractivity contribution in [3.8, 4) is 0 Å². The largest absolute Gasteiger partial charge is 1.00 e. The standard InChI is InChI=1S/C18H16.CH3.ClH.Mg/c1-3-7-15-13(5-1)9-11-18-16-8-4-2-6-14(16)10-12-17(15)18;;;/h1,3,5,7,9-12H,2,4,6,8H2;1H3;1H;/q;;;+1/p-1. The first-order chi connectivity index (χ1) is 9.93. The van der Waals surface area contributed by atoms with Gasteiger partial charge in [-0.1, -0.05) is 48.5 Å². The molecule has 4 rings (SSSR count). The molecule has 0 bridgehead atoms. The van der Waals surface area contributed by atoms with Crippen LogP contribution in [-0.4, -0.2) is 21.7 Å². The van der Waals surface area contributed by atoms with E-state index in [1.165, 1.54) is 47.2 Å². The maximum atomic E-state index is 2.35. The molecule has 0 saturated carbocycles. The minimum atomic E-state index is 0. The van der Waals surface area contributed by atoms with Gasteiger partial charge in [-0.25, -0.2) is 0 Å². The molecule has 0 spiro atoms. The Hall–Kier alpha value is -0.764. The fourth-order valence-electron chi connectivity index (χ4n) is 3.34. The molecule has 2 heteroatoms. The van der Waals surface area contributed by atoms with Crippen LogP contribution in [0.2, 0.25) is 5.05 Å². The maximum Gasteiger partial charge on any atom is -0.0102 e. The third-order valence-electron chi connectivity index (χ3n) is 4.26. The molecule has 21 heavy (non-hydrogen) atoms. The van der Waals surface area contributed by atoms with Crippen LogP contribution in [0.1, 0.15) is 24.0 Å². The van der Waals surface area contributed by atoms with Crippen LogP contribution >= 0.6 is 0 Å². The number of halogens is 1. The van der Waals surface area contributed by atoms with E-state index < -0.39 is 0 Å². The topological polar surface area (TPSA) is 0 Å². The zero-order valence-corrected chi connectivity index (χ0v) is 14.7. The molecule has 1 aliphatic carbocycles. The molecule has 0 atom stereocenters. The number of benzene rings is 3. The summed E-state index contributed by atoms with van der Waals surface area (Å²) in [6, 6.07) is 18.0. The summed E-state index contributed by atoms with van der Waals surface area (Å²) in [5, 5.41) is 7.67. The van der Waals surface area contributed by atoms with Gasteiger partial charge in [-0.15, -0.1) is 0 Å². The van der Waals surface area contributed by atoms with E-state index in [1.54, 1.807) is 11.1 Å². The van der Waals surface area contributed by atoms with Crippen molar-refractivity contribution in [3.05, 3.63) is 59.7 Å². The van der Waals surface area contributed by atoms with Gasteiger partial charge in [0.05, 0.1) is 0 Å². The van der Waals surface area contributed by atoms with Crippen molar-refractivity contribution in [2.45, 2.75) is 30.7 Å². The Kier molecular flexibility index (Phi) is 5.92. The first-order valence-electron chi connectivity index (χ1n) is 7.56. The molecule has 0 saturated heterocycles. The van der Waals surface area contributed by atoms with Crippen LogP contribution in [0.5, 0.6) is 0 Å². The number of aryl methyl sites for hydroxylation is 2. The van der Waals surface area contributed by atoms with Crippen molar-refractivity contribution in [2.24, 2.45) is 0 Å². The second-order valence-corrected chi connectivity index (χ2v) is 5.29. The van der Waals surface area contributed by atoms with Crippen LogP contribution in [0.4, 0.5) is 0 Å². The molecule has 0 radical (unpaired) electrons. The molecule has 104 valence electrons. The van der Waals surface area contributed by atoms with E-state index in [0.29, 0.717) is 0 Å². The molecule has 0 aromatic heterocycles. The summed E-state index contributed by atoms with van der Waals surface area (Å²) in [6.45, 7) is 0. The molecular formula is C19H19ClMg. The third kappa shape index (κ3) is 3.06. The zero-order valence-electron chi connectivity index (χ0n) is 12.5. The van der Waals surface area contributed by atoms with Crippen molar-refractivity contribution >= 4 is 43.3 Å². The van der Waals surface area contributed by atoms with Gasteiger partial charge < -0.3 is 12.4 Å². The molecule has 0 N–H and O–H groups in total. The maximum absolute atomic E-state index is 2.35. The number of fused-ring (bicyclic) bond motifs is 5. The van der Waals surface area contributed by atoms with Crippen LogP contribution in [0.3, 0.4) is 0 Å². The Bertz CT molecular complexity index is 749. The van der Waals surface area contributed by atoms with E-state index in [1.807, 2.05) is 26.8 Å². The Morgan fingerprint density at radius 3 is 2.29 bits per heavy atom. The third-order valence-corrected chi connectivity index (χ3v) is 4.26. The molecule has 0 unspecified atom stereocenters. The van der Waals surface area contributed by atoms with E-state index in [4.69, 9.17) is 0 Å². The molecule has 3 aromatic carbocycles. The van der Waals surface area contributed by atoms with Crippen molar-refractivity contribution in [2.75, 3.05) is 0 Å². The minimum Gasteiger partial charge on any atom is -1.00 e. The van der Waals surface area contributed by atoms with Crippen molar-refractivity contribution in [3.63, 3.8) is 0 Å². The second-order valence-electron chi connectivity index (χ2n) is 5.29. The minimum absolute atomic E-state index is 0. The van der Waals surface area contributed by atoms with Gasteiger partial charge in [0.1, 0.15) is 0 Å².